The van der Waals surface area contributed by atoms with Crippen LogP contribution in [0.5, 0.6) is 0 Å². The lowest BCUT2D eigenvalue weighted by molar-refractivity contribution is -0.0980. The first-order chi connectivity index (χ1) is 12.0. The first kappa shape index (κ1) is 19.2. The number of nitrogens with zero attached hydrogens (tertiary/aromatic N) is 3. The van der Waals surface area contributed by atoms with Crippen molar-refractivity contribution in [1.29, 1.82) is 0 Å². The number of hydrogen-bond acceptors (Lipinski definition) is 6. The van der Waals surface area contributed by atoms with Crippen molar-refractivity contribution in [3.8, 4) is 0 Å². The van der Waals surface area contributed by atoms with Gasteiger partial charge in [-0.05, 0) is 32.1 Å². The van der Waals surface area contributed by atoms with Crippen LogP contribution >= 0.6 is 0 Å². The molecule has 138 valence electrons. The van der Waals surface area contributed by atoms with E-state index in [1.54, 1.807) is 13.3 Å². The van der Waals surface area contributed by atoms with Gasteiger partial charge in [-0.15, -0.1) is 5.17 Å². The molecule has 7 nitrogen and oxygen atoms in total. The molecule has 1 aliphatic heterocycles. The molecule has 0 aromatic carbocycles. The largest absolute Gasteiger partial charge is 0.383 e. The molecule has 5 N–H and O–H groups in total. The summed E-state index contributed by atoms with van der Waals surface area (Å²) in [6.07, 6.45) is 8.29. The van der Waals surface area contributed by atoms with E-state index >= 15 is 0 Å². The first-order valence-corrected chi connectivity index (χ1v) is 8.87. The van der Waals surface area contributed by atoms with Gasteiger partial charge in [0.25, 0.3) is 0 Å². The molecule has 0 aromatic heterocycles. The summed E-state index contributed by atoms with van der Waals surface area (Å²) in [4.78, 5) is 9.78. The van der Waals surface area contributed by atoms with E-state index in [4.69, 9.17) is 16.3 Å². The highest BCUT2D eigenvalue weighted by Gasteiger charge is 2.28. The number of nitrogens with one attached hydrogen (secondary N) is 1. The fraction of sp³-hybridized carbons (Fsp3) is 0.556. The van der Waals surface area contributed by atoms with Crippen molar-refractivity contribution in [3.63, 3.8) is 0 Å². The number of allylic oxidation sites excluding steroid dienone is 2. The van der Waals surface area contributed by atoms with Gasteiger partial charge in [0.15, 0.2) is 0 Å². The van der Waals surface area contributed by atoms with Crippen molar-refractivity contribution in [2.75, 3.05) is 7.11 Å². The van der Waals surface area contributed by atoms with Gasteiger partial charge in [0.2, 0.25) is 0 Å². The van der Waals surface area contributed by atoms with Gasteiger partial charge in [-0.2, -0.15) is 5.10 Å². The van der Waals surface area contributed by atoms with Crippen LogP contribution in [0.4, 0.5) is 0 Å². The molecular formula is C18H30N6O. The summed E-state index contributed by atoms with van der Waals surface area (Å²) in [6.45, 7) is 7.98. The van der Waals surface area contributed by atoms with Gasteiger partial charge >= 0.3 is 0 Å². The zero-order valence-corrected chi connectivity index (χ0v) is 15.5. The predicted molar refractivity (Wildman–Crippen MR) is 103 cm³/mol. The second-order valence-electron chi connectivity index (χ2n) is 6.32. The summed E-state index contributed by atoms with van der Waals surface area (Å²) in [5.74, 6) is 0.401. The normalized spacial score (nSPS) is 25.8. The highest BCUT2D eigenvalue weighted by molar-refractivity contribution is 6.16. The average Bonchev–Trinajstić information content (AvgIpc) is 3.01. The lowest BCUT2D eigenvalue weighted by Crippen LogP contribution is -2.37. The Morgan fingerprint density at radius 1 is 1.52 bits per heavy atom. The quantitative estimate of drug-likeness (QED) is 0.484. The minimum Gasteiger partial charge on any atom is -0.383 e. The molecule has 1 saturated carbocycles. The monoisotopic (exact) mass is 346 g/mol. The van der Waals surface area contributed by atoms with Gasteiger partial charge in [-0.25, -0.2) is 4.99 Å². The van der Waals surface area contributed by atoms with Crippen LogP contribution in [0.2, 0.25) is 0 Å². The molecule has 2 atom stereocenters. The Morgan fingerprint density at radius 3 is 2.84 bits per heavy atom. The molecule has 7 heteroatoms. The van der Waals surface area contributed by atoms with Crippen LogP contribution < -0.4 is 16.8 Å². The fourth-order valence-corrected chi connectivity index (χ4v) is 3.00. The summed E-state index contributed by atoms with van der Waals surface area (Å²) in [6, 6.07) is 0.537. The molecule has 0 saturated heterocycles. The molecular weight excluding hydrogens is 316 g/mol. The zero-order chi connectivity index (χ0) is 18.4. The Balaban J connectivity index is 2.43. The minimum absolute atomic E-state index is 0.238. The third-order valence-electron chi connectivity index (χ3n) is 4.38. The topological polar surface area (TPSA) is 101 Å². The Labute approximate surface area is 150 Å². The molecule has 2 aliphatic rings. The number of nitrogens with two attached hydrogens (primary N) is 2. The van der Waals surface area contributed by atoms with Crippen LogP contribution in [0, 0.1) is 0 Å². The van der Waals surface area contributed by atoms with Gasteiger partial charge in [-0.1, -0.05) is 26.5 Å². The SMILES string of the molecule is C=C(CC)/N=C(\N)C1=C(N[C@@H]2CC[C@H](N)C2)/C(=C/CC)N(OC)N=C1. The van der Waals surface area contributed by atoms with Crippen LogP contribution in [-0.4, -0.2) is 36.4 Å². The smallest absolute Gasteiger partial charge is 0.134 e. The van der Waals surface area contributed by atoms with Crippen LogP contribution in [0.1, 0.15) is 46.0 Å². The van der Waals surface area contributed by atoms with E-state index in [0.717, 1.165) is 54.8 Å². The van der Waals surface area contributed by atoms with Crippen molar-refractivity contribution < 1.29 is 4.84 Å². The second-order valence-corrected chi connectivity index (χ2v) is 6.32. The number of aliphatic imine (C=N–C) groups is 1. The third kappa shape index (κ3) is 4.70. The Hall–Kier alpha value is -2.12. The molecule has 1 heterocycles. The van der Waals surface area contributed by atoms with Crippen molar-refractivity contribution in [2.45, 2.75) is 58.0 Å². The van der Waals surface area contributed by atoms with Gasteiger partial charge < -0.3 is 16.8 Å². The second kappa shape index (κ2) is 8.82. The van der Waals surface area contributed by atoms with E-state index in [1.165, 1.54) is 5.17 Å². The van der Waals surface area contributed by atoms with E-state index in [-0.39, 0.29) is 6.04 Å². The maximum atomic E-state index is 6.25. The van der Waals surface area contributed by atoms with Gasteiger partial charge in [0.1, 0.15) is 11.5 Å². The summed E-state index contributed by atoms with van der Waals surface area (Å²) in [5.41, 5.74) is 15.5. The van der Waals surface area contributed by atoms with Crippen molar-refractivity contribution in [1.82, 2.24) is 10.5 Å². The van der Waals surface area contributed by atoms with E-state index in [0.29, 0.717) is 11.9 Å². The maximum absolute atomic E-state index is 6.25. The Morgan fingerprint density at radius 2 is 2.28 bits per heavy atom. The molecule has 0 aromatic rings. The summed E-state index contributed by atoms with van der Waals surface area (Å²) >= 11 is 0. The molecule has 25 heavy (non-hydrogen) atoms. The van der Waals surface area contributed by atoms with Gasteiger partial charge in [0.05, 0.1) is 24.6 Å². The maximum Gasteiger partial charge on any atom is 0.134 e. The zero-order valence-electron chi connectivity index (χ0n) is 15.5. The molecule has 0 unspecified atom stereocenters. The van der Waals surface area contributed by atoms with Crippen molar-refractivity contribution in [2.24, 2.45) is 21.6 Å². The minimum atomic E-state index is 0.238. The van der Waals surface area contributed by atoms with Crippen molar-refractivity contribution >= 4 is 12.1 Å². The van der Waals surface area contributed by atoms with E-state index in [2.05, 4.69) is 35.0 Å². The standard InChI is InChI=1S/C18H30N6O/c1-5-7-16-17(23-14-9-8-13(19)10-14)15(11-21-24(16)25-4)18(20)22-12(3)6-2/h7,11,13-14,23H,3,5-6,8-10,19H2,1-2,4H3,(H2,20,22)/b16-7-/t13-,14+/m0/s1. The molecule has 1 aliphatic carbocycles. The molecule has 0 spiro atoms. The first-order valence-electron chi connectivity index (χ1n) is 8.87. The summed E-state index contributed by atoms with van der Waals surface area (Å²) in [5, 5.41) is 9.42. The summed E-state index contributed by atoms with van der Waals surface area (Å²) in [7, 11) is 1.59. The number of rotatable bonds is 7. The number of amidine groups is 1. The number of hydrazone groups is 1. The van der Waals surface area contributed by atoms with Gasteiger partial charge in [-0.3, -0.25) is 4.84 Å². The molecule has 0 radical (unpaired) electrons. The number of hydroxylamine groups is 1. The summed E-state index contributed by atoms with van der Waals surface area (Å²) < 4.78 is 0. The van der Waals surface area contributed by atoms with Crippen LogP contribution in [0.15, 0.2) is 45.4 Å². The molecule has 2 rings (SSSR count). The molecule has 1 fully saturated rings. The molecule has 0 bridgehead atoms. The van der Waals surface area contributed by atoms with Crippen LogP contribution in [0.3, 0.4) is 0 Å². The highest BCUT2D eigenvalue weighted by Crippen LogP contribution is 2.26. The lowest BCUT2D eigenvalue weighted by Gasteiger charge is -2.29. The van der Waals surface area contributed by atoms with E-state index in [9.17, 15) is 0 Å². The fourth-order valence-electron chi connectivity index (χ4n) is 3.00. The average molecular weight is 346 g/mol. The highest BCUT2D eigenvalue weighted by atomic mass is 16.7. The number of hydrogen-bond donors (Lipinski definition) is 3. The van der Waals surface area contributed by atoms with Gasteiger partial charge in [0, 0.05) is 17.8 Å². The Bertz CT molecular complexity index is 619. The predicted octanol–water partition coefficient (Wildman–Crippen LogP) is 2.15. The lowest BCUT2D eigenvalue weighted by atomic mass is 10.1. The van der Waals surface area contributed by atoms with Crippen LogP contribution in [0.25, 0.3) is 0 Å². The van der Waals surface area contributed by atoms with Crippen molar-refractivity contribution in [3.05, 3.63) is 35.3 Å². The third-order valence-corrected chi connectivity index (χ3v) is 4.38. The van der Waals surface area contributed by atoms with E-state index < -0.39 is 0 Å². The van der Waals surface area contributed by atoms with Crippen LogP contribution in [-0.2, 0) is 4.84 Å². The Kier molecular flexibility index (Phi) is 6.78. The van der Waals surface area contributed by atoms with E-state index in [1.807, 2.05) is 6.92 Å². The molecule has 0 amide bonds.